The van der Waals surface area contributed by atoms with Gasteiger partial charge in [0.25, 0.3) is 0 Å². The first-order valence-corrected chi connectivity index (χ1v) is 20.4. The first kappa shape index (κ1) is 36.5. The van der Waals surface area contributed by atoms with Gasteiger partial charge in [-0.15, -0.1) is 0 Å². The summed E-state index contributed by atoms with van der Waals surface area (Å²) in [7, 11) is 2.22. The molecule has 1 unspecified atom stereocenters. The van der Waals surface area contributed by atoms with E-state index in [1.807, 2.05) is 36.5 Å². The fourth-order valence-corrected chi connectivity index (χ4v) is 10.3. The molecular weight excluding hydrogens is 686 g/mol. The van der Waals surface area contributed by atoms with E-state index in [9.17, 15) is 9.90 Å². The third-order valence-electron chi connectivity index (χ3n) is 13.7. The van der Waals surface area contributed by atoms with Crippen molar-refractivity contribution < 1.29 is 24.1 Å². The van der Waals surface area contributed by atoms with Crippen molar-refractivity contribution in [2.45, 2.75) is 114 Å². The monoisotopic (exact) mass is 741 g/mol. The van der Waals surface area contributed by atoms with Crippen LogP contribution in [-0.2, 0) is 23.1 Å². The van der Waals surface area contributed by atoms with Crippen LogP contribution in [0.25, 0.3) is 0 Å². The van der Waals surface area contributed by atoms with Gasteiger partial charge in [-0.1, -0.05) is 31.5 Å². The molecule has 4 aliphatic carbocycles. The lowest BCUT2D eigenvalue weighted by atomic mass is 9.59. The van der Waals surface area contributed by atoms with Gasteiger partial charge in [0.1, 0.15) is 11.3 Å². The number of fused-ring (bicyclic) bond motifs is 4. The SMILES string of the molecule is C[C@@H](COc1ccnc2c1[C@H](C)CCC2)C[C@H]1Cc2cc3c(cc2C12CCC(Nc1cccc(Cl)c1)(C(=O)O)CC2)OCC(CN(C)C1(C)CC1)CO3. The molecule has 0 saturated heterocycles. The molecule has 2 heterocycles. The summed E-state index contributed by atoms with van der Waals surface area (Å²) < 4.78 is 19.7. The van der Waals surface area contributed by atoms with E-state index in [0.29, 0.717) is 66.9 Å². The zero-order valence-corrected chi connectivity index (χ0v) is 32.6. The molecule has 2 N–H and O–H groups in total. The van der Waals surface area contributed by atoms with Crippen LogP contribution in [0.4, 0.5) is 5.69 Å². The Balaban J connectivity index is 1.04. The van der Waals surface area contributed by atoms with Crippen molar-refractivity contribution in [1.29, 1.82) is 0 Å². The standard InChI is InChI=1S/C44H56ClN3O5/c1-28(25-51-37-11-18-46-36-10-5-7-29(2)40(36)37)19-32-20-31-21-38-39(53-27-30(26-52-38)24-48(4)42(3)12-13-42)23-35(31)43(32)14-16-44(17-15-43,41(49)50)47-34-9-6-8-33(45)22-34/h6,8-9,11,18,21-23,28-30,32,47H,5,7,10,12-17,19-20,24-27H2,1-4H3,(H,49,50)/t28-,29-,30?,32+,43?,44?/m1/s1. The lowest BCUT2D eigenvalue weighted by molar-refractivity contribution is -0.144. The predicted octanol–water partition coefficient (Wildman–Crippen LogP) is 9.07. The molecule has 8 rings (SSSR count). The molecule has 4 atom stereocenters. The van der Waals surface area contributed by atoms with Gasteiger partial charge in [-0.25, -0.2) is 4.79 Å². The number of rotatable bonds is 11. The minimum atomic E-state index is -1.07. The summed E-state index contributed by atoms with van der Waals surface area (Å²) in [5.41, 5.74) is 4.92. The van der Waals surface area contributed by atoms with Gasteiger partial charge in [-0.05, 0) is 155 Å². The molecule has 1 aliphatic heterocycles. The van der Waals surface area contributed by atoms with Crippen molar-refractivity contribution in [2.24, 2.45) is 17.8 Å². The highest BCUT2D eigenvalue weighted by Crippen LogP contribution is 2.58. The molecular formula is C44H56ClN3O5. The fraction of sp³-hybridized carbons (Fsp3) is 0.591. The Bertz CT molecular complexity index is 1840. The Kier molecular flexibility index (Phi) is 9.84. The highest BCUT2D eigenvalue weighted by Gasteiger charge is 2.54. The number of aryl methyl sites for hydroxylation is 1. The number of hydrogen-bond acceptors (Lipinski definition) is 7. The lowest BCUT2D eigenvalue weighted by Gasteiger charge is -2.47. The second kappa shape index (κ2) is 14.3. The molecule has 8 nitrogen and oxygen atoms in total. The molecule has 3 aromatic rings. The van der Waals surface area contributed by atoms with E-state index < -0.39 is 11.5 Å². The van der Waals surface area contributed by atoms with Crippen molar-refractivity contribution in [3.8, 4) is 17.2 Å². The summed E-state index contributed by atoms with van der Waals surface area (Å²) in [4.78, 5) is 20.2. The smallest absolute Gasteiger partial charge is 0.329 e. The van der Waals surface area contributed by atoms with Crippen LogP contribution in [0.5, 0.6) is 17.2 Å². The van der Waals surface area contributed by atoms with Crippen LogP contribution >= 0.6 is 11.6 Å². The summed E-state index contributed by atoms with van der Waals surface area (Å²) in [5, 5.41) is 14.7. The number of pyridine rings is 1. The molecule has 53 heavy (non-hydrogen) atoms. The molecule has 2 aromatic carbocycles. The quantitative estimate of drug-likeness (QED) is 0.201. The first-order valence-electron chi connectivity index (χ1n) is 20.0. The van der Waals surface area contributed by atoms with E-state index in [1.165, 1.54) is 48.1 Å². The maximum absolute atomic E-state index is 13.1. The molecule has 2 saturated carbocycles. The Morgan fingerprint density at radius 2 is 1.85 bits per heavy atom. The van der Waals surface area contributed by atoms with Crippen LogP contribution in [0.3, 0.4) is 0 Å². The van der Waals surface area contributed by atoms with Crippen LogP contribution in [0.1, 0.15) is 107 Å². The summed E-state index contributed by atoms with van der Waals surface area (Å²) >= 11 is 6.32. The van der Waals surface area contributed by atoms with Gasteiger partial charge in [0.15, 0.2) is 11.5 Å². The summed E-state index contributed by atoms with van der Waals surface area (Å²) in [5.74, 6) is 3.24. The molecule has 2 fully saturated rings. The van der Waals surface area contributed by atoms with Gasteiger partial charge in [-0.3, -0.25) is 4.98 Å². The van der Waals surface area contributed by atoms with Gasteiger partial charge in [-0.2, -0.15) is 0 Å². The second-order valence-electron chi connectivity index (χ2n) is 17.5. The Morgan fingerprint density at radius 1 is 1.09 bits per heavy atom. The third kappa shape index (κ3) is 7.11. The lowest BCUT2D eigenvalue weighted by Crippen LogP contribution is -2.53. The maximum atomic E-state index is 13.1. The van der Waals surface area contributed by atoms with Gasteiger partial charge in [0.05, 0.1) is 19.8 Å². The number of nitrogens with zero attached hydrogens (tertiary/aromatic N) is 2. The van der Waals surface area contributed by atoms with Crippen molar-refractivity contribution in [3.63, 3.8) is 0 Å². The molecule has 9 heteroatoms. The van der Waals surface area contributed by atoms with E-state index in [4.69, 9.17) is 25.8 Å². The van der Waals surface area contributed by atoms with Crippen LogP contribution in [0.15, 0.2) is 48.7 Å². The van der Waals surface area contributed by atoms with E-state index in [2.05, 4.69) is 55.2 Å². The average Bonchev–Trinajstić information content (AvgIpc) is 3.88. The van der Waals surface area contributed by atoms with Crippen molar-refractivity contribution in [1.82, 2.24) is 9.88 Å². The highest BCUT2D eigenvalue weighted by molar-refractivity contribution is 6.30. The topological polar surface area (TPSA) is 93.2 Å². The maximum Gasteiger partial charge on any atom is 0.329 e. The second-order valence-corrected chi connectivity index (χ2v) is 18.0. The number of anilines is 1. The number of benzene rings is 2. The first-order chi connectivity index (χ1) is 25.5. The van der Waals surface area contributed by atoms with Gasteiger partial charge < -0.3 is 29.5 Å². The van der Waals surface area contributed by atoms with E-state index >= 15 is 0 Å². The number of nitrogens with one attached hydrogen (secondary N) is 1. The number of carbonyl (C=O) groups is 1. The number of aromatic nitrogens is 1. The van der Waals surface area contributed by atoms with Crippen molar-refractivity contribution in [3.05, 3.63) is 76.1 Å². The molecule has 1 aromatic heterocycles. The van der Waals surface area contributed by atoms with Gasteiger partial charge >= 0.3 is 5.97 Å². The molecule has 5 aliphatic rings. The minimum Gasteiger partial charge on any atom is -0.493 e. The van der Waals surface area contributed by atoms with Crippen LogP contribution in [0, 0.1) is 17.8 Å². The Hall–Kier alpha value is -3.49. The van der Waals surface area contributed by atoms with Crippen LogP contribution in [0.2, 0.25) is 5.02 Å². The zero-order valence-electron chi connectivity index (χ0n) is 31.9. The average molecular weight is 742 g/mol. The van der Waals surface area contributed by atoms with Crippen LogP contribution < -0.4 is 19.5 Å². The van der Waals surface area contributed by atoms with Crippen molar-refractivity contribution in [2.75, 3.05) is 38.7 Å². The van der Waals surface area contributed by atoms with Gasteiger partial charge in [0, 0.05) is 46.2 Å². The normalized spacial score (nSPS) is 28.8. The number of carboxylic acids is 1. The fourth-order valence-electron chi connectivity index (χ4n) is 10.1. The minimum absolute atomic E-state index is 0.173. The molecule has 0 radical (unpaired) electrons. The number of hydrogen-bond donors (Lipinski definition) is 2. The Labute approximate surface area is 319 Å². The number of carboxylic acid groups (broad SMARTS) is 1. The zero-order chi connectivity index (χ0) is 37.0. The molecule has 0 bridgehead atoms. The predicted molar refractivity (Wildman–Crippen MR) is 209 cm³/mol. The highest BCUT2D eigenvalue weighted by atomic mass is 35.5. The Morgan fingerprint density at radius 3 is 2.57 bits per heavy atom. The number of aliphatic carboxylic acids is 1. The van der Waals surface area contributed by atoms with E-state index in [0.717, 1.165) is 61.6 Å². The summed E-state index contributed by atoms with van der Waals surface area (Å²) in [6.07, 6.45) is 12.2. The number of halogens is 1. The molecule has 1 spiro atoms. The largest absolute Gasteiger partial charge is 0.493 e. The number of ether oxygens (including phenoxy) is 3. The summed E-state index contributed by atoms with van der Waals surface area (Å²) in [6.45, 7) is 9.79. The molecule has 0 amide bonds. The molecule has 284 valence electrons. The summed E-state index contributed by atoms with van der Waals surface area (Å²) in [6, 6.07) is 13.9. The van der Waals surface area contributed by atoms with Gasteiger partial charge in [0.2, 0.25) is 0 Å². The van der Waals surface area contributed by atoms with E-state index in [-0.39, 0.29) is 5.41 Å². The van der Waals surface area contributed by atoms with Crippen molar-refractivity contribution >= 4 is 23.3 Å². The van der Waals surface area contributed by atoms with E-state index in [1.54, 1.807) is 0 Å². The third-order valence-corrected chi connectivity index (χ3v) is 14.0. The van der Waals surface area contributed by atoms with Crippen LogP contribution in [-0.4, -0.2) is 65.5 Å².